The molecule has 1 unspecified atom stereocenters. The van der Waals surface area contributed by atoms with Gasteiger partial charge in [0.25, 0.3) is 16.8 Å². The van der Waals surface area contributed by atoms with E-state index in [1.54, 1.807) is 24.3 Å². The summed E-state index contributed by atoms with van der Waals surface area (Å²) >= 11 is 0. The summed E-state index contributed by atoms with van der Waals surface area (Å²) in [7, 11) is 0. The molecule has 0 heterocycles. The van der Waals surface area contributed by atoms with Crippen LogP contribution in [0.3, 0.4) is 0 Å². The van der Waals surface area contributed by atoms with E-state index in [0.717, 1.165) is 17.5 Å². The molecule has 0 aromatic heterocycles. The fourth-order valence-electron chi connectivity index (χ4n) is 3.65. The van der Waals surface area contributed by atoms with Crippen LogP contribution in [0.15, 0.2) is 52.1 Å². The summed E-state index contributed by atoms with van der Waals surface area (Å²) in [6.45, 7) is 6.18. The third-order valence-electron chi connectivity index (χ3n) is 5.44. The van der Waals surface area contributed by atoms with Gasteiger partial charge in [0.2, 0.25) is 0 Å². The van der Waals surface area contributed by atoms with Gasteiger partial charge >= 0.3 is 5.97 Å². The van der Waals surface area contributed by atoms with Gasteiger partial charge in [-0.15, -0.1) is 0 Å². The highest BCUT2D eigenvalue weighted by molar-refractivity contribution is 6.06. The Morgan fingerprint density at radius 2 is 1.55 bits per heavy atom. The number of hydrogen-bond acceptors (Lipinski definition) is 6. The molecule has 33 heavy (non-hydrogen) atoms. The van der Waals surface area contributed by atoms with Crippen molar-refractivity contribution < 1.29 is 14.7 Å². The zero-order valence-corrected chi connectivity index (χ0v) is 18.8. The smallest absolute Gasteiger partial charge is 0.326 e. The van der Waals surface area contributed by atoms with Gasteiger partial charge in [0, 0.05) is 24.2 Å². The molecule has 1 amide bonds. The van der Waals surface area contributed by atoms with Gasteiger partial charge in [0.1, 0.15) is 17.4 Å². The Balaban J connectivity index is 1.69. The number of carbonyl (C=O) groups excluding carboxylic acids is 1. The SMILES string of the molecule is CCCNc1c(NC(Cc2ccc(NC(=O)c3c(C)cccc3C)cc2)C(=O)O)c(=O)c1=O. The van der Waals surface area contributed by atoms with Crippen LogP contribution in [0.2, 0.25) is 0 Å². The van der Waals surface area contributed by atoms with E-state index in [-0.39, 0.29) is 23.7 Å². The fourth-order valence-corrected chi connectivity index (χ4v) is 3.65. The molecule has 3 aromatic carbocycles. The van der Waals surface area contributed by atoms with Gasteiger partial charge in [-0.1, -0.05) is 37.3 Å². The Kier molecular flexibility index (Phi) is 7.27. The Bertz CT molecular complexity index is 1220. The normalized spacial score (nSPS) is 11.7. The van der Waals surface area contributed by atoms with Crippen LogP contribution in [0.5, 0.6) is 0 Å². The van der Waals surface area contributed by atoms with Gasteiger partial charge in [-0.25, -0.2) is 4.79 Å². The summed E-state index contributed by atoms with van der Waals surface area (Å²) in [6.07, 6.45) is 0.847. The Hall–Kier alpha value is -3.94. The van der Waals surface area contributed by atoms with Crippen molar-refractivity contribution in [3.05, 3.63) is 85.2 Å². The quantitative estimate of drug-likeness (QED) is 0.351. The zero-order chi connectivity index (χ0) is 24.1. The average molecular weight is 450 g/mol. The fraction of sp³-hybridized carbons (Fsp3) is 0.280. The summed E-state index contributed by atoms with van der Waals surface area (Å²) in [4.78, 5) is 48.1. The minimum absolute atomic E-state index is 0.0123. The van der Waals surface area contributed by atoms with Gasteiger partial charge in [0.15, 0.2) is 0 Å². The molecule has 0 fully saturated rings. The monoisotopic (exact) mass is 449 g/mol. The Morgan fingerprint density at radius 1 is 0.939 bits per heavy atom. The molecule has 0 aliphatic heterocycles. The molecule has 3 aromatic rings. The minimum atomic E-state index is -1.14. The molecule has 0 bridgehead atoms. The minimum Gasteiger partial charge on any atom is -0.480 e. The zero-order valence-electron chi connectivity index (χ0n) is 18.8. The molecule has 0 spiro atoms. The number of benzene rings is 2. The maximum absolute atomic E-state index is 12.7. The third kappa shape index (κ3) is 5.28. The molecule has 1 atom stereocenters. The highest BCUT2D eigenvalue weighted by atomic mass is 16.4. The van der Waals surface area contributed by atoms with Crippen molar-refractivity contribution in [2.45, 2.75) is 39.7 Å². The second-order valence-corrected chi connectivity index (χ2v) is 7.99. The third-order valence-corrected chi connectivity index (χ3v) is 5.44. The van der Waals surface area contributed by atoms with Crippen LogP contribution >= 0.6 is 0 Å². The number of rotatable bonds is 10. The average Bonchev–Trinajstić information content (AvgIpc) is 2.78. The Morgan fingerprint density at radius 3 is 2.12 bits per heavy atom. The van der Waals surface area contributed by atoms with Crippen LogP contribution in [0.25, 0.3) is 0 Å². The molecular formula is C25H27N3O5. The van der Waals surface area contributed by atoms with Crippen LogP contribution in [-0.4, -0.2) is 29.6 Å². The lowest BCUT2D eigenvalue weighted by atomic mass is 10.0. The summed E-state index contributed by atoms with van der Waals surface area (Å²) < 4.78 is 0. The number of carboxylic acid groups (broad SMARTS) is 1. The lowest BCUT2D eigenvalue weighted by Gasteiger charge is -2.20. The van der Waals surface area contributed by atoms with Gasteiger partial charge < -0.3 is 21.1 Å². The molecule has 4 N–H and O–H groups in total. The first-order valence-electron chi connectivity index (χ1n) is 10.8. The van der Waals surface area contributed by atoms with E-state index in [4.69, 9.17) is 0 Å². The van der Waals surface area contributed by atoms with Gasteiger partial charge in [-0.3, -0.25) is 14.4 Å². The van der Waals surface area contributed by atoms with Crippen LogP contribution < -0.4 is 26.8 Å². The lowest BCUT2D eigenvalue weighted by molar-refractivity contribution is -0.137. The van der Waals surface area contributed by atoms with E-state index in [9.17, 15) is 24.3 Å². The molecule has 3 rings (SSSR count). The summed E-state index contributed by atoms with van der Waals surface area (Å²) in [5.74, 6) is -1.35. The van der Waals surface area contributed by atoms with Crippen molar-refractivity contribution in [3.8, 4) is 0 Å². The van der Waals surface area contributed by atoms with Crippen molar-refractivity contribution in [1.29, 1.82) is 0 Å². The standard InChI is InChI=1S/C25H27N3O5/c1-4-12-26-20-21(23(30)22(20)29)28-18(25(32)33)13-16-8-10-17(11-9-16)27-24(31)19-14(2)6-5-7-15(19)3/h5-11,18,26,28H,4,12-13H2,1-3H3,(H,27,31)(H,32,33). The van der Waals surface area contributed by atoms with Gasteiger partial charge in [0.05, 0.1) is 0 Å². The number of anilines is 3. The largest absolute Gasteiger partial charge is 0.480 e. The molecular weight excluding hydrogens is 422 g/mol. The number of aryl methyl sites for hydroxylation is 2. The van der Waals surface area contributed by atoms with E-state index in [2.05, 4.69) is 16.0 Å². The second kappa shape index (κ2) is 10.1. The number of carbonyl (C=O) groups is 2. The molecule has 0 aliphatic carbocycles. The number of aliphatic carboxylic acids is 1. The number of nitrogens with one attached hydrogen (secondary N) is 3. The van der Waals surface area contributed by atoms with Gasteiger partial charge in [-0.05, 0) is 49.1 Å². The topological polar surface area (TPSA) is 125 Å². The molecule has 8 heteroatoms. The van der Waals surface area contributed by atoms with Crippen LogP contribution in [0.1, 0.15) is 40.4 Å². The highest BCUT2D eigenvalue weighted by Crippen LogP contribution is 2.20. The van der Waals surface area contributed by atoms with Crippen LogP contribution in [0, 0.1) is 13.8 Å². The van der Waals surface area contributed by atoms with E-state index in [1.165, 1.54) is 0 Å². The van der Waals surface area contributed by atoms with E-state index < -0.39 is 22.9 Å². The van der Waals surface area contributed by atoms with E-state index in [0.29, 0.717) is 23.4 Å². The van der Waals surface area contributed by atoms with Crippen molar-refractivity contribution in [1.82, 2.24) is 0 Å². The number of hydrogen-bond donors (Lipinski definition) is 4. The number of carboxylic acids is 1. The molecule has 8 nitrogen and oxygen atoms in total. The lowest BCUT2D eigenvalue weighted by Crippen LogP contribution is -2.42. The first-order chi connectivity index (χ1) is 15.7. The maximum Gasteiger partial charge on any atom is 0.326 e. The molecule has 0 radical (unpaired) electrons. The second-order valence-electron chi connectivity index (χ2n) is 7.99. The van der Waals surface area contributed by atoms with Crippen molar-refractivity contribution in [3.63, 3.8) is 0 Å². The van der Waals surface area contributed by atoms with Crippen molar-refractivity contribution >= 4 is 28.9 Å². The van der Waals surface area contributed by atoms with Crippen LogP contribution in [0.4, 0.5) is 17.1 Å². The van der Waals surface area contributed by atoms with Crippen molar-refractivity contribution in [2.24, 2.45) is 0 Å². The van der Waals surface area contributed by atoms with Gasteiger partial charge in [-0.2, -0.15) is 0 Å². The summed E-state index contributed by atoms with van der Waals surface area (Å²) in [5, 5.41) is 18.0. The van der Waals surface area contributed by atoms with E-state index in [1.807, 2.05) is 39.0 Å². The summed E-state index contributed by atoms with van der Waals surface area (Å²) in [6, 6.07) is 11.4. The molecule has 0 saturated carbocycles. The molecule has 172 valence electrons. The van der Waals surface area contributed by atoms with Crippen molar-refractivity contribution in [2.75, 3.05) is 22.5 Å². The molecule has 0 aliphatic rings. The highest BCUT2D eigenvalue weighted by Gasteiger charge is 2.26. The first-order valence-corrected chi connectivity index (χ1v) is 10.8. The first kappa shape index (κ1) is 23.7. The predicted octanol–water partition coefficient (Wildman–Crippen LogP) is 3.08. The number of amides is 1. The Labute approximate surface area is 191 Å². The van der Waals surface area contributed by atoms with E-state index >= 15 is 0 Å². The maximum atomic E-state index is 12.7. The summed E-state index contributed by atoms with van der Waals surface area (Å²) in [5.41, 5.74) is 2.45. The predicted molar refractivity (Wildman–Crippen MR) is 129 cm³/mol. The van der Waals surface area contributed by atoms with Crippen LogP contribution in [-0.2, 0) is 11.2 Å². The molecule has 0 saturated heterocycles.